The van der Waals surface area contributed by atoms with Gasteiger partial charge in [-0.25, -0.2) is 0 Å². The maximum Gasteiger partial charge on any atom is 0.307 e. The lowest BCUT2D eigenvalue weighted by Crippen LogP contribution is -2.04. The van der Waals surface area contributed by atoms with E-state index in [1.807, 2.05) is 9.47 Å². The maximum atomic E-state index is 10.9. The fourth-order valence-corrected chi connectivity index (χ4v) is 1.54. The molecular weight excluding hydrogens is 183 g/mol. The molecule has 78 valence electrons. The highest BCUT2D eigenvalue weighted by Gasteiger charge is 2.08. The molecule has 0 aliphatic carbocycles. The van der Waals surface area contributed by atoms with Gasteiger partial charge in [-0.1, -0.05) is 39.5 Å². The fourth-order valence-electron chi connectivity index (χ4n) is 1.43. The zero-order valence-corrected chi connectivity index (χ0v) is 9.87. The summed E-state index contributed by atoms with van der Waals surface area (Å²) in [6.45, 7) is 4.38. The quantitative estimate of drug-likeness (QED) is 0.595. The minimum atomic E-state index is -0.111. The second kappa shape index (κ2) is 8.50. The smallest absolute Gasteiger partial charge is 0.307 e. The first-order valence-corrected chi connectivity index (χ1v) is 5.61. The average Bonchev–Trinajstić information content (AvgIpc) is 2.17. The Kier molecular flexibility index (Phi) is 8.43. The standard InChI is InChI=1S/C10H21O2P/c1-3-5-6-9(4-2)7-8-10(11)12-13/h9H,3-8,13H2,1-2H3. The fraction of sp³-hybridized carbons (Fsp3) is 0.900. The Labute approximate surface area is 83.7 Å². The molecule has 0 aromatic heterocycles. The van der Waals surface area contributed by atoms with Gasteiger partial charge in [0.25, 0.3) is 0 Å². The second-order valence-corrected chi connectivity index (χ2v) is 3.68. The predicted molar refractivity (Wildman–Crippen MR) is 58.3 cm³/mol. The molecule has 0 fully saturated rings. The van der Waals surface area contributed by atoms with Gasteiger partial charge in [-0.15, -0.1) is 0 Å². The topological polar surface area (TPSA) is 26.3 Å². The van der Waals surface area contributed by atoms with Gasteiger partial charge in [0.2, 0.25) is 0 Å². The molecule has 0 N–H and O–H groups in total. The van der Waals surface area contributed by atoms with Crippen LogP contribution in [0.2, 0.25) is 0 Å². The summed E-state index contributed by atoms with van der Waals surface area (Å²) in [7, 11) is 2.00. The van der Waals surface area contributed by atoms with Crippen molar-refractivity contribution >= 4 is 15.4 Å². The molecule has 0 rings (SSSR count). The van der Waals surface area contributed by atoms with Crippen LogP contribution in [-0.2, 0) is 9.32 Å². The molecule has 13 heavy (non-hydrogen) atoms. The molecule has 0 heterocycles. The third-order valence-electron chi connectivity index (χ3n) is 2.43. The Balaban J connectivity index is 3.52. The van der Waals surface area contributed by atoms with Crippen LogP contribution in [-0.4, -0.2) is 5.97 Å². The highest BCUT2D eigenvalue weighted by Crippen LogP contribution is 2.18. The number of carbonyl (C=O) groups is 1. The van der Waals surface area contributed by atoms with E-state index in [1.54, 1.807) is 0 Å². The number of rotatable bonds is 7. The summed E-state index contributed by atoms with van der Waals surface area (Å²) in [5.74, 6) is 0.587. The predicted octanol–water partition coefficient (Wildman–Crippen LogP) is 3.32. The molecule has 0 aliphatic heterocycles. The van der Waals surface area contributed by atoms with Crippen LogP contribution in [0.5, 0.6) is 0 Å². The maximum absolute atomic E-state index is 10.9. The van der Waals surface area contributed by atoms with Gasteiger partial charge in [-0.2, -0.15) is 0 Å². The van der Waals surface area contributed by atoms with E-state index in [4.69, 9.17) is 0 Å². The first kappa shape index (κ1) is 12.9. The van der Waals surface area contributed by atoms with Crippen LogP contribution in [0.15, 0.2) is 0 Å². The van der Waals surface area contributed by atoms with E-state index in [0.717, 1.165) is 6.42 Å². The highest BCUT2D eigenvalue weighted by molar-refractivity contribution is 7.10. The zero-order valence-electron chi connectivity index (χ0n) is 8.71. The van der Waals surface area contributed by atoms with Crippen molar-refractivity contribution in [2.75, 3.05) is 0 Å². The van der Waals surface area contributed by atoms with Gasteiger partial charge in [0.1, 0.15) is 0 Å². The van der Waals surface area contributed by atoms with Gasteiger partial charge >= 0.3 is 5.97 Å². The molecule has 0 saturated heterocycles. The summed E-state index contributed by atoms with van der Waals surface area (Å²) < 4.78 is 4.53. The molecule has 0 aromatic rings. The monoisotopic (exact) mass is 204 g/mol. The van der Waals surface area contributed by atoms with Crippen LogP contribution >= 0.6 is 9.47 Å². The van der Waals surface area contributed by atoms with Gasteiger partial charge in [-0.3, -0.25) is 4.79 Å². The van der Waals surface area contributed by atoms with Crippen LogP contribution in [0.1, 0.15) is 52.4 Å². The molecule has 0 aromatic carbocycles. The van der Waals surface area contributed by atoms with E-state index in [0.29, 0.717) is 12.3 Å². The zero-order chi connectivity index (χ0) is 10.1. The van der Waals surface area contributed by atoms with Crippen LogP contribution < -0.4 is 0 Å². The molecular formula is C10H21O2P. The normalized spacial score (nSPS) is 12.5. The van der Waals surface area contributed by atoms with Gasteiger partial charge in [0, 0.05) is 6.42 Å². The van der Waals surface area contributed by atoms with Gasteiger partial charge < -0.3 is 4.52 Å². The molecule has 2 atom stereocenters. The lowest BCUT2D eigenvalue weighted by Gasteiger charge is -2.12. The van der Waals surface area contributed by atoms with Crippen molar-refractivity contribution in [1.82, 2.24) is 0 Å². The van der Waals surface area contributed by atoms with Crippen molar-refractivity contribution in [2.45, 2.75) is 52.4 Å². The highest BCUT2D eigenvalue weighted by atomic mass is 31.0. The largest absolute Gasteiger partial charge is 0.452 e. The molecule has 0 amide bonds. The van der Waals surface area contributed by atoms with Crippen LogP contribution in [0.3, 0.4) is 0 Å². The Hall–Kier alpha value is -0.100. The Morgan fingerprint density at radius 2 is 2.08 bits per heavy atom. The molecule has 0 saturated carbocycles. The molecule has 0 aliphatic rings. The van der Waals surface area contributed by atoms with Crippen molar-refractivity contribution in [3.05, 3.63) is 0 Å². The van der Waals surface area contributed by atoms with Gasteiger partial charge in [-0.05, 0) is 12.3 Å². The third-order valence-corrected chi connectivity index (χ3v) is 2.69. The van der Waals surface area contributed by atoms with Crippen molar-refractivity contribution < 1.29 is 9.32 Å². The lowest BCUT2D eigenvalue weighted by molar-refractivity contribution is -0.133. The first-order chi connectivity index (χ1) is 6.24. The molecule has 2 nitrogen and oxygen atoms in total. The van der Waals surface area contributed by atoms with E-state index in [1.165, 1.54) is 25.7 Å². The second-order valence-electron chi connectivity index (χ2n) is 3.45. The van der Waals surface area contributed by atoms with Crippen molar-refractivity contribution in [3.8, 4) is 0 Å². The van der Waals surface area contributed by atoms with E-state index in [9.17, 15) is 4.79 Å². The first-order valence-electron chi connectivity index (χ1n) is 5.14. The summed E-state index contributed by atoms with van der Waals surface area (Å²) in [5, 5.41) is 0. The summed E-state index contributed by atoms with van der Waals surface area (Å²) >= 11 is 0. The van der Waals surface area contributed by atoms with Crippen molar-refractivity contribution in [3.63, 3.8) is 0 Å². The summed E-state index contributed by atoms with van der Waals surface area (Å²) in [5.41, 5.74) is 0. The average molecular weight is 204 g/mol. The number of hydrogen-bond acceptors (Lipinski definition) is 2. The molecule has 0 radical (unpaired) electrons. The number of hydrogen-bond donors (Lipinski definition) is 0. The Morgan fingerprint density at radius 3 is 2.54 bits per heavy atom. The molecule has 0 spiro atoms. The molecule has 0 bridgehead atoms. The van der Waals surface area contributed by atoms with Crippen LogP contribution in [0.25, 0.3) is 0 Å². The summed E-state index contributed by atoms with van der Waals surface area (Å²) in [6.07, 6.45) is 6.47. The van der Waals surface area contributed by atoms with Crippen molar-refractivity contribution in [1.29, 1.82) is 0 Å². The minimum absolute atomic E-state index is 0.111. The van der Waals surface area contributed by atoms with Crippen LogP contribution in [0.4, 0.5) is 0 Å². The third kappa shape index (κ3) is 7.01. The lowest BCUT2D eigenvalue weighted by atomic mass is 9.94. The van der Waals surface area contributed by atoms with E-state index >= 15 is 0 Å². The number of carbonyl (C=O) groups excluding carboxylic acids is 1. The number of unbranched alkanes of at least 4 members (excludes halogenated alkanes) is 1. The van der Waals surface area contributed by atoms with Gasteiger partial charge in [0.15, 0.2) is 0 Å². The van der Waals surface area contributed by atoms with Crippen LogP contribution in [0, 0.1) is 5.92 Å². The SMILES string of the molecule is CCCCC(CC)CCC(=O)OP. The molecule has 3 heteroatoms. The van der Waals surface area contributed by atoms with Crippen molar-refractivity contribution in [2.24, 2.45) is 5.92 Å². The summed E-state index contributed by atoms with van der Waals surface area (Å²) in [4.78, 5) is 10.9. The summed E-state index contributed by atoms with van der Waals surface area (Å²) in [6, 6.07) is 0. The van der Waals surface area contributed by atoms with E-state index in [2.05, 4.69) is 18.4 Å². The van der Waals surface area contributed by atoms with E-state index < -0.39 is 0 Å². The Morgan fingerprint density at radius 1 is 1.38 bits per heavy atom. The minimum Gasteiger partial charge on any atom is -0.452 e. The van der Waals surface area contributed by atoms with Gasteiger partial charge in [0.05, 0.1) is 9.47 Å². The Bertz CT molecular complexity index is 137. The van der Waals surface area contributed by atoms with E-state index in [-0.39, 0.29) is 5.97 Å². The molecule has 2 unspecified atom stereocenters.